The van der Waals surface area contributed by atoms with Gasteiger partial charge < -0.3 is 10.0 Å². The Balaban J connectivity index is 3.10. The maximum atomic E-state index is 12.1. The third-order valence-corrected chi connectivity index (χ3v) is 3.42. The Morgan fingerprint density at radius 1 is 1.20 bits per heavy atom. The zero-order valence-electron chi connectivity index (χ0n) is 13.2. The summed E-state index contributed by atoms with van der Waals surface area (Å²) in [6.45, 7) is 4.94. The Hall–Kier alpha value is -1.35. The van der Waals surface area contributed by atoms with E-state index in [0.717, 1.165) is 43.4 Å². The molecular weight excluding hydrogens is 250 g/mol. The van der Waals surface area contributed by atoms with Gasteiger partial charge in [-0.1, -0.05) is 32.8 Å². The first kappa shape index (κ1) is 16.7. The van der Waals surface area contributed by atoms with E-state index in [4.69, 9.17) is 0 Å². The van der Waals surface area contributed by atoms with Gasteiger partial charge in [-0.05, 0) is 44.1 Å². The number of hydrogen-bond donors (Lipinski definition) is 1. The van der Waals surface area contributed by atoms with E-state index in [9.17, 15) is 9.90 Å². The zero-order valence-corrected chi connectivity index (χ0v) is 13.2. The molecule has 0 aliphatic rings. The number of phenolic OH excluding ortho intramolecular Hbond substituents is 1. The monoisotopic (exact) mass is 277 g/mol. The third kappa shape index (κ3) is 4.34. The number of aromatic hydroxyl groups is 1. The molecule has 0 atom stereocenters. The zero-order chi connectivity index (χ0) is 15.1. The summed E-state index contributed by atoms with van der Waals surface area (Å²) in [5.74, 6) is 0.255. The van der Waals surface area contributed by atoms with Crippen molar-refractivity contribution in [2.24, 2.45) is 0 Å². The van der Waals surface area contributed by atoms with Gasteiger partial charge in [0, 0.05) is 13.0 Å². The molecule has 0 aromatic heterocycles. The minimum Gasteiger partial charge on any atom is -0.507 e. The highest BCUT2D eigenvalue weighted by Crippen LogP contribution is 2.29. The number of hydrogen-bond acceptors (Lipinski definition) is 3. The summed E-state index contributed by atoms with van der Waals surface area (Å²) in [5.41, 5.74) is 2.54. The molecule has 0 saturated heterocycles. The first-order valence-corrected chi connectivity index (χ1v) is 7.52. The number of phenols is 1. The normalized spacial score (nSPS) is 11.1. The highest BCUT2D eigenvalue weighted by molar-refractivity contribution is 5.99. The van der Waals surface area contributed by atoms with Crippen molar-refractivity contribution >= 4 is 5.78 Å². The standard InChI is InChI=1S/C17H27NO2/c1-5-7-9-16(19)15-11-10-13(12-18(3)4)14(8-6-2)17(15)20/h10-11,20H,5-9,12H2,1-4H3. The van der Waals surface area contributed by atoms with Crippen LogP contribution in [0.3, 0.4) is 0 Å². The molecule has 1 rings (SSSR count). The molecule has 0 aliphatic heterocycles. The molecule has 0 fully saturated rings. The molecule has 0 saturated carbocycles. The first-order valence-electron chi connectivity index (χ1n) is 7.52. The number of carbonyl (C=O) groups excluding carboxylic acids is 1. The van der Waals surface area contributed by atoms with Crippen molar-refractivity contribution in [2.45, 2.75) is 52.5 Å². The van der Waals surface area contributed by atoms with Crippen molar-refractivity contribution in [1.29, 1.82) is 0 Å². The molecular formula is C17H27NO2. The second-order valence-electron chi connectivity index (χ2n) is 5.61. The van der Waals surface area contributed by atoms with Gasteiger partial charge in [-0.15, -0.1) is 0 Å². The van der Waals surface area contributed by atoms with E-state index in [0.29, 0.717) is 12.0 Å². The summed E-state index contributed by atoms with van der Waals surface area (Å²) >= 11 is 0. The van der Waals surface area contributed by atoms with Crippen molar-refractivity contribution in [2.75, 3.05) is 14.1 Å². The van der Waals surface area contributed by atoms with Gasteiger partial charge in [-0.2, -0.15) is 0 Å². The fraction of sp³-hybridized carbons (Fsp3) is 0.588. The summed E-state index contributed by atoms with van der Waals surface area (Å²) in [7, 11) is 4.01. The quantitative estimate of drug-likeness (QED) is 0.735. The van der Waals surface area contributed by atoms with Gasteiger partial charge in [0.25, 0.3) is 0 Å². The largest absolute Gasteiger partial charge is 0.507 e. The van der Waals surface area contributed by atoms with Crippen LogP contribution in [0.5, 0.6) is 5.75 Å². The minimum atomic E-state index is 0.0538. The molecule has 1 aromatic rings. The molecule has 0 amide bonds. The lowest BCUT2D eigenvalue weighted by molar-refractivity contribution is 0.0977. The Morgan fingerprint density at radius 3 is 2.45 bits per heavy atom. The van der Waals surface area contributed by atoms with Gasteiger partial charge in [-0.3, -0.25) is 4.79 Å². The van der Waals surface area contributed by atoms with Crippen LogP contribution >= 0.6 is 0 Å². The average Bonchev–Trinajstić information content (AvgIpc) is 2.39. The summed E-state index contributed by atoms with van der Waals surface area (Å²) in [6, 6.07) is 3.77. The third-order valence-electron chi connectivity index (χ3n) is 3.42. The summed E-state index contributed by atoms with van der Waals surface area (Å²) in [4.78, 5) is 14.2. The van der Waals surface area contributed by atoms with E-state index in [1.54, 1.807) is 6.07 Å². The molecule has 1 aromatic carbocycles. The van der Waals surface area contributed by atoms with E-state index >= 15 is 0 Å². The molecule has 3 heteroatoms. The predicted octanol–water partition coefficient (Wildman–Crippen LogP) is 3.78. The van der Waals surface area contributed by atoms with Crippen molar-refractivity contribution in [3.8, 4) is 5.75 Å². The summed E-state index contributed by atoms with van der Waals surface area (Å²) in [5, 5.41) is 10.4. The van der Waals surface area contributed by atoms with Gasteiger partial charge in [-0.25, -0.2) is 0 Å². The lowest BCUT2D eigenvalue weighted by Crippen LogP contribution is -2.13. The van der Waals surface area contributed by atoms with Crippen LogP contribution in [0.2, 0.25) is 0 Å². The number of unbranched alkanes of at least 4 members (excludes halogenated alkanes) is 1. The van der Waals surface area contributed by atoms with Crippen LogP contribution in [-0.2, 0) is 13.0 Å². The molecule has 1 N–H and O–H groups in total. The molecule has 3 nitrogen and oxygen atoms in total. The molecule has 0 heterocycles. The van der Waals surface area contributed by atoms with E-state index in [-0.39, 0.29) is 11.5 Å². The van der Waals surface area contributed by atoms with Crippen LogP contribution in [0.25, 0.3) is 0 Å². The fourth-order valence-corrected chi connectivity index (χ4v) is 2.39. The van der Waals surface area contributed by atoms with Crippen LogP contribution < -0.4 is 0 Å². The Kier molecular flexibility index (Phi) is 6.73. The van der Waals surface area contributed by atoms with E-state index in [1.807, 2.05) is 20.2 Å². The van der Waals surface area contributed by atoms with E-state index in [2.05, 4.69) is 18.7 Å². The van der Waals surface area contributed by atoms with E-state index in [1.165, 1.54) is 0 Å². The maximum Gasteiger partial charge on any atom is 0.166 e. The Morgan fingerprint density at radius 2 is 1.90 bits per heavy atom. The highest BCUT2D eigenvalue weighted by Gasteiger charge is 2.17. The number of ketones is 1. The van der Waals surface area contributed by atoms with Gasteiger partial charge in [0.05, 0.1) is 5.56 Å². The SMILES string of the molecule is CCCCC(=O)c1ccc(CN(C)C)c(CCC)c1O. The van der Waals surface area contributed by atoms with Crippen molar-refractivity contribution in [3.05, 3.63) is 28.8 Å². The van der Waals surface area contributed by atoms with Crippen LogP contribution in [-0.4, -0.2) is 29.9 Å². The Labute approximate surface area is 122 Å². The second-order valence-corrected chi connectivity index (χ2v) is 5.61. The van der Waals surface area contributed by atoms with Crippen LogP contribution in [0.15, 0.2) is 12.1 Å². The van der Waals surface area contributed by atoms with Gasteiger partial charge in [0.1, 0.15) is 5.75 Å². The predicted molar refractivity (Wildman–Crippen MR) is 83.3 cm³/mol. The van der Waals surface area contributed by atoms with E-state index < -0.39 is 0 Å². The fourth-order valence-electron chi connectivity index (χ4n) is 2.39. The molecule has 0 bridgehead atoms. The van der Waals surface area contributed by atoms with Crippen molar-refractivity contribution in [3.63, 3.8) is 0 Å². The summed E-state index contributed by atoms with van der Waals surface area (Å²) in [6.07, 6.45) is 4.15. The van der Waals surface area contributed by atoms with Gasteiger partial charge in [0.15, 0.2) is 5.78 Å². The second kappa shape index (κ2) is 8.05. The first-order chi connectivity index (χ1) is 9.51. The van der Waals surface area contributed by atoms with Gasteiger partial charge >= 0.3 is 0 Å². The molecule has 0 spiro atoms. The molecule has 0 radical (unpaired) electrons. The lowest BCUT2D eigenvalue weighted by Gasteiger charge is -2.17. The molecule has 0 aliphatic carbocycles. The lowest BCUT2D eigenvalue weighted by atomic mass is 9.95. The molecule has 20 heavy (non-hydrogen) atoms. The van der Waals surface area contributed by atoms with Gasteiger partial charge in [0.2, 0.25) is 0 Å². The smallest absolute Gasteiger partial charge is 0.166 e. The number of Topliss-reactive ketones (excluding diaryl/α,β-unsaturated/α-hetero) is 1. The maximum absolute atomic E-state index is 12.1. The molecule has 0 unspecified atom stereocenters. The number of rotatable bonds is 8. The summed E-state index contributed by atoms with van der Waals surface area (Å²) < 4.78 is 0. The topological polar surface area (TPSA) is 40.5 Å². The minimum absolute atomic E-state index is 0.0538. The van der Waals surface area contributed by atoms with Crippen molar-refractivity contribution < 1.29 is 9.90 Å². The average molecular weight is 277 g/mol. The van der Waals surface area contributed by atoms with Crippen molar-refractivity contribution in [1.82, 2.24) is 4.90 Å². The van der Waals surface area contributed by atoms with Crippen LogP contribution in [0.1, 0.15) is 61.0 Å². The number of benzene rings is 1. The highest BCUT2D eigenvalue weighted by atomic mass is 16.3. The Bertz CT molecular complexity index is 453. The van der Waals surface area contributed by atoms with Crippen LogP contribution in [0, 0.1) is 0 Å². The molecule has 112 valence electrons. The van der Waals surface area contributed by atoms with Crippen LogP contribution in [0.4, 0.5) is 0 Å². The number of nitrogens with zero attached hydrogens (tertiary/aromatic N) is 1. The number of carbonyl (C=O) groups is 1.